The van der Waals surface area contributed by atoms with E-state index in [1.54, 1.807) is 12.1 Å². The van der Waals surface area contributed by atoms with Gasteiger partial charge in [0.1, 0.15) is 5.82 Å². The Hall–Kier alpha value is -1.69. The maximum absolute atomic E-state index is 13.4. The Bertz CT molecular complexity index is 501. The molecule has 0 aliphatic heterocycles. The van der Waals surface area contributed by atoms with Gasteiger partial charge in [-0.15, -0.1) is 0 Å². The molecule has 0 radical (unpaired) electrons. The van der Waals surface area contributed by atoms with Gasteiger partial charge < -0.3 is 11.1 Å². The first-order valence-corrected chi connectivity index (χ1v) is 5.24. The summed E-state index contributed by atoms with van der Waals surface area (Å²) in [6.45, 7) is 0. The minimum atomic E-state index is -0.380. The smallest absolute Gasteiger partial charge is 0.227 e. The van der Waals surface area contributed by atoms with Gasteiger partial charge in [0, 0.05) is 4.47 Å². The van der Waals surface area contributed by atoms with E-state index in [-0.39, 0.29) is 5.82 Å². The fraction of sp³-hybridized carbons (Fsp3) is 0. The maximum Gasteiger partial charge on any atom is 0.227 e. The van der Waals surface area contributed by atoms with Crippen molar-refractivity contribution in [3.63, 3.8) is 0 Å². The molecule has 0 aliphatic carbocycles. The summed E-state index contributed by atoms with van der Waals surface area (Å²) in [6.07, 6.45) is 2.90. The number of nitrogens with zero attached hydrogens (tertiary/aromatic N) is 2. The van der Waals surface area contributed by atoms with Gasteiger partial charge in [-0.3, -0.25) is 0 Å². The molecule has 0 aliphatic rings. The molecule has 0 fully saturated rings. The Balaban J connectivity index is 2.23. The predicted octanol–water partition coefficient (Wildman–Crippen LogP) is 2.70. The van der Waals surface area contributed by atoms with Crippen molar-refractivity contribution in [1.29, 1.82) is 0 Å². The molecule has 0 bridgehead atoms. The van der Waals surface area contributed by atoms with Crippen molar-refractivity contribution in [1.82, 2.24) is 9.97 Å². The van der Waals surface area contributed by atoms with Crippen LogP contribution < -0.4 is 11.1 Å². The summed E-state index contributed by atoms with van der Waals surface area (Å²) in [5, 5.41) is 2.75. The lowest BCUT2D eigenvalue weighted by molar-refractivity contribution is 0.631. The minimum absolute atomic E-state index is 0.301. The van der Waals surface area contributed by atoms with Gasteiger partial charge in [-0.1, -0.05) is 15.9 Å². The van der Waals surface area contributed by atoms with Crippen LogP contribution in [0.15, 0.2) is 35.1 Å². The van der Waals surface area contributed by atoms with Crippen LogP contribution in [0.4, 0.5) is 21.7 Å². The van der Waals surface area contributed by atoms with E-state index in [0.29, 0.717) is 21.8 Å². The molecule has 1 aromatic carbocycles. The number of nitrogens with two attached hydrogens (primary N) is 1. The van der Waals surface area contributed by atoms with E-state index in [0.717, 1.165) is 0 Å². The fourth-order valence-electron chi connectivity index (χ4n) is 1.11. The number of hydrogen-bond acceptors (Lipinski definition) is 4. The summed E-state index contributed by atoms with van der Waals surface area (Å²) in [5.41, 5.74) is 6.21. The third kappa shape index (κ3) is 2.46. The lowest BCUT2D eigenvalue weighted by Gasteiger charge is -2.05. The molecule has 0 saturated heterocycles. The van der Waals surface area contributed by atoms with Crippen LogP contribution in [0.1, 0.15) is 0 Å². The molecule has 0 atom stereocenters. The zero-order chi connectivity index (χ0) is 11.5. The molecule has 0 unspecified atom stereocenters. The Morgan fingerprint density at radius 1 is 1.25 bits per heavy atom. The molecule has 16 heavy (non-hydrogen) atoms. The summed E-state index contributed by atoms with van der Waals surface area (Å²) in [4.78, 5) is 7.82. The highest BCUT2D eigenvalue weighted by Gasteiger charge is 2.04. The van der Waals surface area contributed by atoms with E-state index in [4.69, 9.17) is 5.73 Å². The van der Waals surface area contributed by atoms with Crippen LogP contribution in [0.5, 0.6) is 0 Å². The van der Waals surface area contributed by atoms with Crippen LogP contribution in [-0.2, 0) is 0 Å². The average Bonchev–Trinajstić information content (AvgIpc) is 2.25. The molecule has 4 nitrogen and oxygen atoms in total. The van der Waals surface area contributed by atoms with Crippen molar-refractivity contribution < 1.29 is 4.39 Å². The van der Waals surface area contributed by atoms with Gasteiger partial charge in [0.15, 0.2) is 0 Å². The number of anilines is 3. The van der Waals surface area contributed by atoms with E-state index in [1.807, 2.05) is 0 Å². The van der Waals surface area contributed by atoms with E-state index < -0.39 is 0 Å². The molecule has 0 saturated carbocycles. The lowest BCUT2D eigenvalue weighted by atomic mass is 10.3. The number of benzene rings is 1. The number of halogens is 2. The van der Waals surface area contributed by atoms with Crippen molar-refractivity contribution in [2.24, 2.45) is 0 Å². The van der Waals surface area contributed by atoms with Crippen LogP contribution in [0.2, 0.25) is 0 Å². The second-order valence-corrected chi connectivity index (χ2v) is 4.00. The second-order valence-electron chi connectivity index (χ2n) is 3.09. The first-order valence-electron chi connectivity index (χ1n) is 4.45. The van der Waals surface area contributed by atoms with Crippen molar-refractivity contribution in [3.8, 4) is 0 Å². The number of hydrogen-bond donors (Lipinski definition) is 2. The minimum Gasteiger partial charge on any atom is -0.396 e. The molecule has 82 valence electrons. The molecule has 2 aromatic rings. The third-order valence-electron chi connectivity index (χ3n) is 1.85. The SMILES string of the molecule is Nc1cnc(Nc2ccc(Br)cc2F)nc1. The second kappa shape index (κ2) is 4.44. The Kier molecular flexibility index (Phi) is 3.00. The molecule has 6 heteroatoms. The number of aromatic nitrogens is 2. The molecule has 1 heterocycles. The molecular formula is C10H8BrFN4. The standard InChI is InChI=1S/C10H8BrFN4/c11-6-1-2-9(8(12)3-6)16-10-14-4-7(13)5-15-10/h1-5H,13H2,(H,14,15,16). The average molecular weight is 283 g/mol. The lowest BCUT2D eigenvalue weighted by Crippen LogP contribution is -1.99. The molecular weight excluding hydrogens is 275 g/mol. The highest BCUT2D eigenvalue weighted by molar-refractivity contribution is 9.10. The highest BCUT2D eigenvalue weighted by atomic mass is 79.9. The maximum atomic E-state index is 13.4. The fourth-order valence-corrected chi connectivity index (χ4v) is 1.45. The van der Waals surface area contributed by atoms with Gasteiger partial charge in [0.05, 0.1) is 23.8 Å². The summed E-state index contributed by atoms with van der Waals surface area (Å²) in [7, 11) is 0. The van der Waals surface area contributed by atoms with Crippen LogP contribution in [-0.4, -0.2) is 9.97 Å². The van der Waals surface area contributed by atoms with Crippen LogP contribution >= 0.6 is 15.9 Å². The van der Waals surface area contributed by atoms with Gasteiger partial charge in [-0.25, -0.2) is 14.4 Å². The number of nitrogens with one attached hydrogen (secondary N) is 1. The predicted molar refractivity (Wildman–Crippen MR) is 63.8 cm³/mol. The molecule has 0 amide bonds. The van der Waals surface area contributed by atoms with E-state index in [2.05, 4.69) is 31.2 Å². The molecule has 1 aromatic heterocycles. The van der Waals surface area contributed by atoms with Crippen LogP contribution in [0.25, 0.3) is 0 Å². The van der Waals surface area contributed by atoms with Crippen molar-refractivity contribution in [2.75, 3.05) is 11.1 Å². The van der Waals surface area contributed by atoms with Gasteiger partial charge in [0.2, 0.25) is 5.95 Å². The molecule has 2 rings (SSSR count). The van der Waals surface area contributed by atoms with E-state index in [9.17, 15) is 4.39 Å². The summed E-state index contributed by atoms with van der Waals surface area (Å²) >= 11 is 3.18. The van der Waals surface area contributed by atoms with E-state index >= 15 is 0 Å². The zero-order valence-corrected chi connectivity index (χ0v) is 9.70. The Morgan fingerprint density at radius 2 is 1.94 bits per heavy atom. The van der Waals surface area contributed by atoms with Crippen molar-refractivity contribution in [2.45, 2.75) is 0 Å². The van der Waals surface area contributed by atoms with Crippen LogP contribution in [0, 0.1) is 5.82 Å². The summed E-state index contributed by atoms with van der Waals surface area (Å²) < 4.78 is 14.1. The largest absolute Gasteiger partial charge is 0.396 e. The van der Waals surface area contributed by atoms with E-state index in [1.165, 1.54) is 18.5 Å². The first kappa shape index (κ1) is 10.8. The van der Waals surface area contributed by atoms with Gasteiger partial charge in [-0.2, -0.15) is 0 Å². The quantitative estimate of drug-likeness (QED) is 0.889. The first-order chi connectivity index (χ1) is 7.65. The highest BCUT2D eigenvalue weighted by Crippen LogP contribution is 2.21. The van der Waals surface area contributed by atoms with Gasteiger partial charge in [0.25, 0.3) is 0 Å². The topological polar surface area (TPSA) is 63.8 Å². The normalized spacial score (nSPS) is 10.1. The van der Waals surface area contributed by atoms with Crippen molar-refractivity contribution >= 4 is 33.3 Å². The van der Waals surface area contributed by atoms with Crippen molar-refractivity contribution in [3.05, 3.63) is 40.9 Å². The number of nitrogen functional groups attached to an aromatic ring is 1. The molecule has 0 spiro atoms. The zero-order valence-electron chi connectivity index (χ0n) is 8.11. The Morgan fingerprint density at radius 3 is 2.56 bits per heavy atom. The van der Waals surface area contributed by atoms with Crippen LogP contribution in [0.3, 0.4) is 0 Å². The number of rotatable bonds is 2. The molecule has 3 N–H and O–H groups in total. The monoisotopic (exact) mass is 282 g/mol. The third-order valence-corrected chi connectivity index (χ3v) is 2.34. The van der Waals surface area contributed by atoms with Gasteiger partial charge >= 0.3 is 0 Å². The summed E-state index contributed by atoms with van der Waals surface area (Å²) in [5.74, 6) is -0.0785. The Labute approximate surface area is 99.9 Å². The van der Waals surface area contributed by atoms with Gasteiger partial charge in [-0.05, 0) is 18.2 Å². The summed E-state index contributed by atoms with van der Waals surface area (Å²) in [6, 6.07) is 4.68.